The molecule has 7 heteroatoms. The topological polar surface area (TPSA) is 74.3 Å². The molecule has 0 saturated heterocycles. The lowest BCUT2D eigenvalue weighted by Crippen LogP contribution is -2.35. The van der Waals surface area contributed by atoms with Gasteiger partial charge in [-0.3, -0.25) is 4.79 Å². The zero-order chi connectivity index (χ0) is 20.5. The monoisotopic (exact) mass is 402 g/mol. The molecule has 0 bridgehead atoms. The van der Waals surface area contributed by atoms with E-state index in [4.69, 9.17) is 0 Å². The van der Waals surface area contributed by atoms with Gasteiger partial charge in [0.05, 0.1) is 6.54 Å². The number of urea groups is 1. The van der Waals surface area contributed by atoms with Gasteiger partial charge in [0, 0.05) is 24.2 Å². The number of anilines is 1. The maximum absolute atomic E-state index is 12.7. The van der Waals surface area contributed by atoms with Gasteiger partial charge < -0.3 is 15.5 Å². The molecule has 6 nitrogen and oxygen atoms in total. The van der Waals surface area contributed by atoms with Crippen LogP contribution in [-0.4, -0.2) is 34.9 Å². The number of thiazole rings is 1. The summed E-state index contributed by atoms with van der Waals surface area (Å²) in [4.78, 5) is 30.9. The van der Waals surface area contributed by atoms with E-state index in [1.165, 1.54) is 16.9 Å². The van der Waals surface area contributed by atoms with Gasteiger partial charge in [-0.1, -0.05) is 39.8 Å². The largest absolute Gasteiger partial charge is 0.351 e. The molecule has 1 aromatic carbocycles. The molecule has 1 aromatic heterocycles. The molecule has 2 N–H and O–H groups in total. The van der Waals surface area contributed by atoms with Crippen molar-refractivity contribution in [3.63, 3.8) is 0 Å². The Kier molecular flexibility index (Phi) is 8.44. The van der Waals surface area contributed by atoms with Crippen LogP contribution in [0.5, 0.6) is 0 Å². The van der Waals surface area contributed by atoms with Crippen molar-refractivity contribution in [3.05, 3.63) is 45.9 Å². The number of benzene rings is 1. The van der Waals surface area contributed by atoms with Crippen molar-refractivity contribution in [2.24, 2.45) is 0 Å². The first-order valence-electron chi connectivity index (χ1n) is 9.83. The predicted octanol–water partition coefficient (Wildman–Crippen LogP) is 4.85. The molecule has 1 heterocycles. The first-order chi connectivity index (χ1) is 13.4. The van der Waals surface area contributed by atoms with E-state index in [9.17, 15) is 9.59 Å². The van der Waals surface area contributed by atoms with E-state index in [-0.39, 0.29) is 11.9 Å². The minimum Gasteiger partial charge on any atom is -0.351 e. The molecule has 0 saturated carbocycles. The second-order valence-corrected chi connectivity index (χ2v) is 7.95. The minimum absolute atomic E-state index is 0.161. The SMILES string of the molecule is CCCNC(=O)c1csc(CN(CCC)C(=O)Nc2ccc(C(C)C)cc2)n1. The Morgan fingerprint density at radius 3 is 2.46 bits per heavy atom. The molecule has 2 aromatic rings. The summed E-state index contributed by atoms with van der Waals surface area (Å²) in [6.45, 7) is 9.95. The van der Waals surface area contributed by atoms with E-state index in [1.54, 1.807) is 10.3 Å². The second-order valence-electron chi connectivity index (χ2n) is 7.01. The lowest BCUT2D eigenvalue weighted by Gasteiger charge is -2.21. The van der Waals surface area contributed by atoms with Crippen molar-refractivity contribution in [2.45, 2.75) is 53.0 Å². The average molecular weight is 403 g/mol. The van der Waals surface area contributed by atoms with Gasteiger partial charge in [0.1, 0.15) is 10.7 Å². The minimum atomic E-state index is -0.166. The molecular weight excluding hydrogens is 372 g/mol. The number of nitrogens with one attached hydrogen (secondary N) is 2. The lowest BCUT2D eigenvalue weighted by atomic mass is 10.0. The third-order valence-electron chi connectivity index (χ3n) is 4.26. The summed E-state index contributed by atoms with van der Waals surface area (Å²) in [5, 5.41) is 8.27. The summed E-state index contributed by atoms with van der Waals surface area (Å²) in [5.41, 5.74) is 2.42. The number of hydrogen-bond donors (Lipinski definition) is 2. The molecule has 0 atom stereocenters. The Bertz CT molecular complexity index is 771. The highest BCUT2D eigenvalue weighted by Gasteiger charge is 2.17. The molecule has 0 aliphatic rings. The molecule has 2 rings (SSSR count). The number of rotatable bonds is 9. The summed E-state index contributed by atoms with van der Waals surface area (Å²) in [7, 11) is 0. The van der Waals surface area contributed by atoms with Crippen LogP contribution in [0.25, 0.3) is 0 Å². The highest BCUT2D eigenvalue weighted by atomic mass is 32.1. The van der Waals surface area contributed by atoms with Gasteiger partial charge in [0.25, 0.3) is 5.91 Å². The van der Waals surface area contributed by atoms with Crippen LogP contribution < -0.4 is 10.6 Å². The molecule has 3 amide bonds. The molecule has 0 unspecified atom stereocenters. The summed E-state index contributed by atoms with van der Waals surface area (Å²) in [6, 6.07) is 7.76. The van der Waals surface area contributed by atoms with E-state index in [2.05, 4.69) is 29.5 Å². The smallest absolute Gasteiger partial charge is 0.322 e. The van der Waals surface area contributed by atoms with Crippen molar-refractivity contribution in [1.82, 2.24) is 15.2 Å². The fourth-order valence-electron chi connectivity index (χ4n) is 2.66. The third-order valence-corrected chi connectivity index (χ3v) is 5.09. The van der Waals surface area contributed by atoms with Crippen LogP contribution in [-0.2, 0) is 6.54 Å². The fourth-order valence-corrected chi connectivity index (χ4v) is 3.45. The van der Waals surface area contributed by atoms with Gasteiger partial charge in [-0.05, 0) is 36.5 Å². The van der Waals surface area contributed by atoms with E-state index in [1.807, 2.05) is 38.1 Å². The summed E-state index contributed by atoms with van der Waals surface area (Å²) >= 11 is 1.40. The third kappa shape index (κ3) is 6.34. The molecule has 152 valence electrons. The van der Waals surface area contributed by atoms with Crippen LogP contribution in [0.3, 0.4) is 0 Å². The van der Waals surface area contributed by atoms with Gasteiger partial charge in [0.15, 0.2) is 0 Å². The fraction of sp³-hybridized carbons (Fsp3) is 0.476. The first kappa shape index (κ1) is 21.9. The first-order valence-corrected chi connectivity index (χ1v) is 10.7. The van der Waals surface area contributed by atoms with Crippen LogP contribution >= 0.6 is 11.3 Å². The van der Waals surface area contributed by atoms with Gasteiger partial charge >= 0.3 is 6.03 Å². The van der Waals surface area contributed by atoms with Crippen LogP contribution in [0.1, 0.15) is 67.5 Å². The Hall–Kier alpha value is -2.41. The van der Waals surface area contributed by atoms with Crippen molar-refractivity contribution < 1.29 is 9.59 Å². The van der Waals surface area contributed by atoms with Crippen molar-refractivity contribution in [2.75, 3.05) is 18.4 Å². The molecule has 0 radical (unpaired) electrons. The van der Waals surface area contributed by atoms with E-state index >= 15 is 0 Å². The molecule has 0 aliphatic carbocycles. The van der Waals surface area contributed by atoms with Crippen LogP contribution in [0.2, 0.25) is 0 Å². The highest BCUT2D eigenvalue weighted by molar-refractivity contribution is 7.09. The zero-order valence-corrected chi connectivity index (χ0v) is 17.9. The number of amides is 3. The lowest BCUT2D eigenvalue weighted by molar-refractivity contribution is 0.0949. The molecule has 0 aliphatic heterocycles. The summed E-state index contributed by atoms with van der Waals surface area (Å²) in [6.07, 6.45) is 1.72. The van der Waals surface area contributed by atoms with Gasteiger partial charge in [0.2, 0.25) is 0 Å². The van der Waals surface area contributed by atoms with Crippen LogP contribution in [0.4, 0.5) is 10.5 Å². The number of nitrogens with zero attached hydrogens (tertiary/aromatic N) is 2. The second kappa shape index (κ2) is 10.8. The molecular formula is C21H30N4O2S. The summed E-state index contributed by atoms with van der Waals surface area (Å²) in [5.74, 6) is 0.288. The quantitative estimate of drug-likeness (QED) is 0.629. The zero-order valence-electron chi connectivity index (χ0n) is 17.1. The Labute approximate surface area is 171 Å². The highest BCUT2D eigenvalue weighted by Crippen LogP contribution is 2.18. The summed E-state index contributed by atoms with van der Waals surface area (Å²) < 4.78 is 0. The maximum Gasteiger partial charge on any atom is 0.322 e. The normalized spacial score (nSPS) is 10.8. The number of hydrogen-bond acceptors (Lipinski definition) is 4. The van der Waals surface area contributed by atoms with Crippen LogP contribution in [0.15, 0.2) is 29.6 Å². The molecule has 0 spiro atoms. The van der Waals surface area contributed by atoms with E-state index in [0.29, 0.717) is 31.2 Å². The van der Waals surface area contributed by atoms with Gasteiger partial charge in [-0.15, -0.1) is 11.3 Å². The predicted molar refractivity (Wildman–Crippen MR) is 115 cm³/mol. The van der Waals surface area contributed by atoms with Crippen molar-refractivity contribution >= 4 is 29.0 Å². The molecule has 0 fully saturated rings. The maximum atomic E-state index is 12.7. The standard InChI is InChI=1S/C21H30N4O2S/c1-5-11-22-20(26)18-14-28-19(24-18)13-25(12-6-2)21(27)23-17-9-7-16(8-10-17)15(3)4/h7-10,14-15H,5-6,11-13H2,1-4H3,(H,22,26)(H,23,27). The Balaban J connectivity index is 2.01. The van der Waals surface area contributed by atoms with Gasteiger partial charge in [-0.2, -0.15) is 0 Å². The average Bonchev–Trinajstić information content (AvgIpc) is 3.15. The van der Waals surface area contributed by atoms with Crippen LogP contribution in [0, 0.1) is 0 Å². The number of carbonyl (C=O) groups is 2. The van der Waals surface area contributed by atoms with Crippen molar-refractivity contribution in [1.29, 1.82) is 0 Å². The molecule has 28 heavy (non-hydrogen) atoms. The Morgan fingerprint density at radius 1 is 1.14 bits per heavy atom. The van der Waals surface area contributed by atoms with E-state index in [0.717, 1.165) is 23.5 Å². The van der Waals surface area contributed by atoms with Gasteiger partial charge in [-0.25, -0.2) is 9.78 Å². The van der Waals surface area contributed by atoms with Crippen molar-refractivity contribution in [3.8, 4) is 0 Å². The Morgan fingerprint density at radius 2 is 1.86 bits per heavy atom. The van der Waals surface area contributed by atoms with E-state index < -0.39 is 0 Å². The number of aromatic nitrogens is 1. The number of carbonyl (C=O) groups excluding carboxylic acids is 2.